The zero-order valence-corrected chi connectivity index (χ0v) is 29.3. The van der Waals surface area contributed by atoms with Crippen LogP contribution in [0.5, 0.6) is 0 Å². The molecule has 0 aromatic carbocycles. The number of aliphatic hydroxyl groups excluding tert-OH is 3. The third-order valence-electron chi connectivity index (χ3n) is 8.80. The molecule has 260 valence electrons. The Morgan fingerprint density at radius 1 is 0.568 bits per heavy atom. The van der Waals surface area contributed by atoms with Gasteiger partial charge < -0.3 is 20.6 Å². The predicted octanol–water partition coefficient (Wildman–Crippen LogP) is 10.3. The van der Waals surface area contributed by atoms with Crippen molar-refractivity contribution < 1.29 is 20.1 Å². The number of nitrogens with one attached hydrogen (secondary N) is 1. The van der Waals surface area contributed by atoms with Gasteiger partial charge in [-0.1, -0.05) is 173 Å². The van der Waals surface area contributed by atoms with Gasteiger partial charge in [0.15, 0.2) is 0 Å². The molecular formula is C39H75NO4. The first-order valence-electron chi connectivity index (χ1n) is 19.1. The van der Waals surface area contributed by atoms with Gasteiger partial charge in [0, 0.05) is 0 Å². The highest BCUT2D eigenvalue weighted by atomic mass is 16.3. The minimum absolute atomic E-state index is 0.0234. The predicted molar refractivity (Wildman–Crippen MR) is 190 cm³/mol. The van der Waals surface area contributed by atoms with E-state index < -0.39 is 18.2 Å². The van der Waals surface area contributed by atoms with Crippen molar-refractivity contribution in [1.29, 1.82) is 0 Å². The summed E-state index contributed by atoms with van der Waals surface area (Å²) in [4.78, 5) is 12.4. The van der Waals surface area contributed by atoms with Gasteiger partial charge in [-0.2, -0.15) is 0 Å². The summed E-state index contributed by atoms with van der Waals surface area (Å²) in [5.41, 5.74) is 0. The molecule has 44 heavy (non-hydrogen) atoms. The summed E-state index contributed by atoms with van der Waals surface area (Å²) in [7, 11) is 0. The molecule has 0 aliphatic rings. The fourth-order valence-corrected chi connectivity index (χ4v) is 5.81. The van der Waals surface area contributed by atoms with Crippen LogP contribution in [0.4, 0.5) is 0 Å². The Morgan fingerprint density at radius 2 is 0.955 bits per heavy atom. The number of rotatable bonds is 34. The van der Waals surface area contributed by atoms with Gasteiger partial charge in [0.2, 0.25) is 5.91 Å². The Hall–Kier alpha value is -1.17. The van der Waals surface area contributed by atoms with E-state index in [1.807, 2.05) is 0 Å². The van der Waals surface area contributed by atoms with Gasteiger partial charge >= 0.3 is 0 Å². The smallest absolute Gasteiger partial charge is 0.222 e. The quantitative estimate of drug-likeness (QED) is 0.0425. The summed E-state index contributed by atoms with van der Waals surface area (Å²) in [5.74, 6) is -0.296. The molecule has 0 saturated carbocycles. The second-order valence-electron chi connectivity index (χ2n) is 13.2. The molecule has 0 heterocycles. The summed E-state index contributed by atoms with van der Waals surface area (Å²) in [5, 5.41) is 33.2. The second kappa shape index (κ2) is 34.7. The zero-order chi connectivity index (χ0) is 32.4. The van der Waals surface area contributed by atoms with Gasteiger partial charge in [-0.25, -0.2) is 0 Å². The van der Waals surface area contributed by atoms with Crippen LogP contribution in [-0.4, -0.2) is 46.1 Å². The minimum Gasteiger partial charge on any atom is -0.394 e. The number of hydrogen-bond donors (Lipinski definition) is 4. The van der Waals surface area contributed by atoms with Gasteiger partial charge in [0.05, 0.1) is 31.3 Å². The first-order chi connectivity index (χ1) is 21.5. The summed E-state index contributed by atoms with van der Waals surface area (Å²) < 4.78 is 0. The maximum absolute atomic E-state index is 12.4. The van der Waals surface area contributed by atoms with Crippen molar-refractivity contribution in [2.45, 2.75) is 212 Å². The number of carbonyl (C=O) groups is 1. The van der Waals surface area contributed by atoms with E-state index in [1.165, 1.54) is 116 Å². The largest absolute Gasteiger partial charge is 0.394 e. The molecule has 0 aliphatic carbocycles. The summed E-state index contributed by atoms with van der Waals surface area (Å²) in [6, 6.07) is -0.662. The van der Waals surface area contributed by atoms with E-state index >= 15 is 0 Å². The summed E-state index contributed by atoms with van der Waals surface area (Å²) in [6.45, 7) is 4.21. The number of hydrogen-bond acceptors (Lipinski definition) is 4. The van der Waals surface area contributed by atoms with Crippen LogP contribution < -0.4 is 5.32 Å². The van der Waals surface area contributed by atoms with Crippen LogP contribution in [0.25, 0.3) is 0 Å². The van der Waals surface area contributed by atoms with Crippen molar-refractivity contribution in [2.75, 3.05) is 6.61 Å². The minimum atomic E-state index is -0.752. The highest BCUT2D eigenvalue weighted by molar-refractivity contribution is 5.76. The lowest BCUT2D eigenvalue weighted by Gasteiger charge is -2.23. The van der Waals surface area contributed by atoms with Crippen LogP contribution in [0.1, 0.15) is 194 Å². The second-order valence-corrected chi connectivity index (χ2v) is 13.2. The Balaban J connectivity index is 3.69. The number of allylic oxidation sites excluding steroid dienone is 4. The monoisotopic (exact) mass is 622 g/mol. The van der Waals surface area contributed by atoms with Crippen LogP contribution in [0.3, 0.4) is 0 Å². The maximum Gasteiger partial charge on any atom is 0.222 e. The zero-order valence-electron chi connectivity index (χ0n) is 29.3. The average molecular weight is 622 g/mol. The molecule has 0 aromatic heterocycles. The molecule has 1 amide bonds. The molecule has 5 heteroatoms. The number of amides is 1. The van der Waals surface area contributed by atoms with Crippen LogP contribution >= 0.6 is 0 Å². The fourth-order valence-electron chi connectivity index (χ4n) is 5.81. The Labute approximate surface area is 273 Å². The lowest BCUT2D eigenvalue weighted by Crippen LogP contribution is -2.46. The third kappa shape index (κ3) is 30.8. The maximum atomic E-state index is 12.4. The summed E-state index contributed by atoms with van der Waals surface area (Å²) >= 11 is 0. The van der Waals surface area contributed by atoms with Crippen molar-refractivity contribution in [1.82, 2.24) is 5.32 Å². The summed E-state index contributed by atoms with van der Waals surface area (Å²) in [6.07, 6.45) is 39.8. The molecule has 3 atom stereocenters. The van der Waals surface area contributed by atoms with Crippen molar-refractivity contribution in [2.24, 2.45) is 0 Å². The van der Waals surface area contributed by atoms with Crippen molar-refractivity contribution in [3.8, 4) is 0 Å². The van der Waals surface area contributed by atoms with Gasteiger partial charge in [-0.15, -0.1) is 0 Å². The fraction of sp³-hybridized carbons (Fsp3) is 0.872. The van der Waals surface area contributed by atoms with Gasteiger partial charge in [-0.3, -0.25) is 4.79 Å². The molecule has 0 rings (SSSR count). The van der Waals surface area contributed by atoms with Gasteiger partial charge in [0.1, 0.15) is 0 Å². The van der Waals surface area contributed by atoms with Crippen LogP contribution in [0.2, 0.25) is 0 Å². The van der Waals surface area contributed by atoms with E-state index in [2.05, 4.69) is 43.5 Å². The van der Waals surface area contributed by atoms with E-state index in [0.717, 1.165) is 44.9 Å². The van der Waals surface area contributed by atoms with Gasteiger partial charge in [0.25, 0.3) is 0 Å². The SMILES string of the molecule is CCCCC/C=C\C=C/CCCCCCC(O)CC(=O)NC(CO)C(O)CCCCCCCCCCCCCCCCCC. The molecular weight excluding hydrogens is 546 g/mol. The van der Waals surface area contributed by atoms with Crippen molar-refractivity contribution in [3.05, 3.63) is 24.3 Å². The highest BCUT2D eigenvalue weighted by Crippen LogP contribution is 2.15. The number of carbonyl (C=O) groups excluding carboxylic acids is 1. The average Bonchev–Trinajstić information content (AvgIpc) is 3.01. The molecule has 0 aromatic rings. The van der Waals surface area contributed by atoms with Gasteiger partial charge in [-0.05, 0) is 38.5 Å². The molecule has 0 aliphatic heterocycles. The number of aliphatic hydroxyl groups is 3. The molecule has 0 radical (unpaired) electrons. The molecule has 5 nitrogen and oxygen atoms in total. The molecule has 0 bridgehead atoms. The number of unbranched alkanes of at least 4 members (excludes halogenated alkanes) is 22. The third-order valence-corrected chi connectivity index (χ3v) is 8.80. The Kier molecular flexibility index (Phi) is 33.8. The Bertz CT molecular complexity index is 650. The molecule has 0 spiro atoms. The first-order valence-corrected chi connectivity index (χ1v) is 19.1. The van der Waals surface area contributed by atoms with Crippen LogP contribution in [0.15, 0.2) is 24.3 Å². The van der Waals surface area contributed by atoms with Crippen LogP contribution in [0, 0.1) is 0 Å². The molecule has 0 saturated heterocycles. The highest BCUT2D eigenvalue weighted by Gasteiger charge is 2.21. The lowest BCUT2D eigenvalue weighted by molar-refractivity contribution is -0.125. The van der Waals surface area contributed by atoms with E-state index in [4.69, 9.17) is 0 Å². The van der Waals surface area contributed by atoms with E-state index in [9.17, 15) is 20.1 Å². The van der Waals surface area contributed by atoms with Crippen LogP contribution in [-0.2, 0) is 4.79 Å². The Morgan fingerprint density at radius 3 is 1.43 bits per heavy atom. The van der Waals surface area contributed by atoms with E-state index in [-0.39, 0.29) is 18.9 Å². The van der Waals surface area contributed by atoms with Crippen molar-refractivity contribution >= 4 is 5.91 Å². The lowest BCUT2D eigenvalue weighted by atomic mass is 10.0. The molecule has 3 unspecified atom stereocenters. The van der Waals surface area contributed by atoms with E-state index in [1.54, 1.807) is 0 Å². The molecule has 0 fully saturated rings. The molecule has 4 N–H and O–H groups in total. The normalized spacial score (nSPS) is 14.0. The topological polar surface area (TPSA) is 89.8 Å². The van der Waals surface area contributed by atoms with Crippen molar-refractivity contribution in [3.63, 3.8) is 0 Å². The standard InChI is InChI=1S/C39H75NO4/c1-3-5-7-9-11-13-15-17-18-19-21-23-25-27-29-31-33-38(43)37(35-41)40-39(44)34-36(42)32-30-28-26-24-22-20-16-14-12-10-8-6-4-2/h12,14,16,20,36-38,41-43H,3-11,13,15,17-19,21-35H2,1-2H3,(H,40,44)/b14-12-,20-16-. The first kappa shape index (κ1) is 42.8. The van der Waals surface area contributed by atoms with E-state index in [0.29, 0.717) is 12.8 Å².